The van der Waals surface area contributed by atoms with Gasteiger partial charge in [0.25, 0.3) is 5.91 Å². The maximum atomic E-state index is 12.5. The van der Waals surface area contributed by atoms with Crippen LogP contribution in [0.5, 0.6) is 11.6 Å². The number of amides is 1. The van der Waals surface area contributed by atoms with Crippen molar-refractivity contribution in [2.45, 2.75) is 25.1 Å². The third-order valence-electron chi connectivity index (χ3n) is 4.92. The van der Waals surface area contributed by atoms with E-state index in [9.17, 15) is 18.0 Å². The number of nitrogens with zero attached hydrogens (tertiary/aromatic N) is 2. The topological polar surface area (TPSA) is 63.7 Å². The Morgan fingerprint density at radius 2 is 1.87 bits per heavy atom. The van der Waals surface area contributed by atoms with Gasteiger partial charge in [-0.15, -0.1) is 0 Å². The lowest BCUT2D eigenvalue weighted by molar-refractivity contribution is -0.154. The predicted octanol–water partition coefficient (Wildman–Crippen LogP) is 3.60. The number of likely N-dealkylation sites (tertiary alicyclic amines) is 1. The molecule has 1 N–H and O–H groups in total. The Balaban J connectivity index is 1.62. The van der Waals surface area contributed by atoms with Gasteiger partial charge in [-0.3, -0.25) is 9.69 Å². The minimum Gasteiger partial charge on any atom is -0.497 e. The number of rotatable bonds is 8. The van der Waals surface area contributed by atoms with E-state index in [0.29, 0.717) is 6.54 Å². The van der Waals surface area contributed by atoms with Crippen LogP contribution in [0.4, 0.5) is 13.2 Å². The molecule has 0 spiro atoms. The first-order valence-electron chi connectivity index (χ1n) is 9.67. The van der Waals surface area contributed by atoms with E-state index in [1.54, 1.807) is 7.11 Å². The number of benzene rings is 1. The lowest BCUT2D eigenvalue weighted by Gasteiger charge is -2.28. The molecule has 1 aromatic carbocycles. The second kappa shape index (κ2) is 9.80. The van der Waals surface area contributed by atoms with Gasteiger partial charge in [-0.1, -0.05) is 12.1 Å². The van der Waals surface area contributed by atoms with Gasteiger partial charge in [-0.2, -0.15) is 13.2 Å². The molecule has 1 fully saturated rings. The van der Waals surface area contributed by atoms with Crippen molar-refractivity contribution in [2.24, 2.45) is 0 Å². The molecule has 162 valence electrons. The minimum absolute atomic E-state index is 0.0182. The molecule has 30 heavy (non-hydrogen) atoms. The molecular formula is C21H24F3N3O3. The standard InChI is InChI=1S/C21H24F3N3O3/c1-29-17-7-4-15(5-8-17)18(27-10-2-3-11-27)13-26-20(28)16-6-9-19(25-12-16)30-14-21(22,23)24/h4-9,12,18H,2-3,10-11,13-14H2,1H3,(H,26,28). The molecule has 1 atom stereocenters. The fourth-order valence-corrected chi connectivity index (χ4v) is 3.38. The Hall–Kier alpha value is -2.81. The van der Waals surface area contributed by atoms with Crippen LogP contribution in [-0.4, -0.2) is 55.3 Å². The predicted molar refractivity (Wildman–Crippen MR) is 105 cm³/mol. The van der Waals surface area contributed by atoms with Crippen molar-refractivity contribution in [1.82, 2.24) is 15.2 Å². The van der Waals surface area contributed by atoms with Gasteiger partial charge in [0, 0.05) is 18.8 Å². The van der Waals surface area contributed by atoms with Crippen molar-refractivity contribution < 1.29 is 27.4 Å². The van der Waals surface area contributed by atoms with Crippen LogP contribution < -0.4 is 14.8 Å². The molecule has 9 heteroatoms. The number of hydrogen-bond acceptors (Lipinski definition) is 5. The number of methoxy groups -OCH3 is 1. The fraction of sp³-hybridized carbons (Fsp3) is 0.429. The molecule has 0 aliphatic carbocycles. The van der Waals surface area contributed by atoms with Crippen LogP contribution in [0.25, 0.3) is 0 Å². The molecule has 1 aliphatic heterocycles. The minimum atomic E-state index is -4.44. The molecule has 2 heterocycles. The molecular weight excluding hydrogens is 399 g/mol. The highest BCUT2D eigenvalue weighted by Gasteiger charge is 2.28. The Labute approximate surface area is 173 Å². The van der Waals surface area contributed by atoms with Gasteiger partial charge in [0.2, 0.25) is 5.88 Å². The lowest BCUT2D eigenvalue weighted by Crippen LogP contribution is -2.36. The highest BCUT2D eigenvalue weighted by molar-refractivity contribution is 5.93. The second-order valence-electron chi connectivity index (χ2n) is 7.03. The quantitative estimate of drug-likeness (QED) is 0.703. The van der Waals surface area contributed by atoms with E-state index in [4.69, 9.17) is 4.74 Å². The molecule has 1 amide bonds. The Morgan fingerprint density at radius 1 is 1.17 bits per heavy atom. The van der Waals surface area contributed by atoms with Gasteiger partial charge in [0.15, 0.2) is 6.61 Å². The molecule has 3 rings (SSSR count). The normalized spacial score (nSPS) is 15.6. The monoisotopic (exact) mass is 423 g/mol. The highest BCUT2D eigenvalue weighted by atomic mass is 19.4. The van der Waals surface area contributed by atoms with Crippen LogP contribution in [0.1, 0.15) is 34.8 Å². The number of carbonyl (C=O) groups is 1. The van der Waals surface area contributed by atoms with Gasteiger partial charge in [-0.05, 0) is 49.7 Å². The molecule has 1 saturated heterocycles. The van der Waals surface area contributed by atoms with Gasteiger partial charge >= 0.3 is 6.18 Å². The third kappa shape index (κ3) is 6.09. The van der Waals surface area contributed by atoms with Crippen LogP contribution in [0, 0.1) is 0 Å². The van der Waals surface area contributed by atoms with Crippen molar-refractivity contribution in [3.8, 4) is 11.6 Å². The van der Waals surface area contributed by atoms with Gasteiger partial charge in [-0.25, -0.2) is 4.98 Å². The van der Waals surface area contributed by atoms with Crippen molar-refractivity contribution >= 4 is 5.91 Å². The Kier molecular flexibility index (Phi) is 7.15. The first-order chi connectivity index (χ1) is 14.4. The zero-order valence-corrected chi connectivity index (χ0v) is 16.6. The number of alkyl halides is 3. The number of aromatic nitrogens is 1. The van der Waals surface area contributed by atoms with Crippen LogP contribution in [0.2, 0.25) is 0 Å². The van der Waals surface area contributed by atoms with E-state index in [-0.39, 0.29) is 23.4 Å². The van der Waals surface area contributed by atoms with E-state index in [1.807, 2.05) is 24.3 Å². The van der Waals surface area contributed by atoms with Crippen molar-refractivity contribution in [3.63, 3.8) is 0 Å². The molecule has 0 saturated carbocycles. The molecule has 6 nitrogen and oxygen atoms in total. The summed E-state index contributed by atoms with van der Waals surface area (Å²) in [6.45, 7) is 0.890. The average Bonchev–Trinajstić information content (AvgIpc) is 3.27. The molecule has 1 unspecified atom stereocenters. The van der Waals surface area contributed by atoms with Crippen molar-refractivity contribution in [1.29, 1.82) is 0 Å². The van der Waals surface area contributed by atoms with Crippen LogP contribution in [0.15, 0.2) is 42.6 Å². The zero-order valence-electron chi connectivity index (χ0n) is 16.6. The number of hydrogen-bond donors (Lipinski definition) is 1. The summed E-state index contributed by atoms with van der Waals surface area (Å²) in [7, 11) is 1.61. The Morgan fingerprint density at radius 3 is 2.43 bits per heavy atom. The highest BCUT2D eigenvalue weighted by Crippen LogP contribution is 2.26. The summed E-state index contributed by atoms with van der Waals surface area (Å²) in [5, 5.41) is 2.91. The van der Waals surface area contributed by atoms with E-state index in [2.05, 4.69) is 19.9 Å². The van der Waals surface area contributed by atoms with Crippen molar-refractivity contribution in [3.05, 3.63) is 53.7 Å². The number of ether oxygens (including phenoxy) is 2. The SMILES string of the molecule is COc1ccc(C(CNC(=O)c2ccc(OCC(F)(F)F)nc2)N2CCCC2)cc1. The maximum Gasteiger partial charge on any atom is 0.422 e. The smallest absolute Gasteiger partial charge is 0.422 e. The largest absolute Gasteiger partial charge is 0.497 e. The summed E-state index contributed by atoms with van der Waals surface area (Å²) in [6, 6.07) is 10.4. The van der Waals surface area contributed by atoms with Crippen LogP contribution in [0.3, 0.4) is 0 Å². The van der Waals surface area contributed by atoms with E-state index < -0.39 is 12.8 Å². The summed E-state index contributed by atoms with van der Waals surface area (Å²) >= 11 is 0. The second-order valence-corrected chi connectivity index (χ2v) is 7.03. The summed E-state index contributed by atoms with van der Waals surface area (Å²) < 4.78 is 46.4. The van der Waals surface area contributed by atoms with E-state index in [1.165, 1.54) is 18.3 Å². The summed E-state index contributed by atoms with van der Waals surface area (Å²) in [5.74, 6) is 0.237. The van der Waals surface area contributed by atoms with Crippen LogP contribution in [-0.2, 0) is 0 Å². The number of halogens is 3. The molecule has 1 aliphatic rings. The molecule has 2 aromatic rings. The maximum absolute atomic E-state index is 12.5. The third-order valence-corrected chi connectivity index (χ3v) is 4.92. The summed E-state index contributed by atoms with van der Waals surface area (Å²) in [5.41, 5.74) is 1.33. The number of carbonyl (C=O) groups excluding carboxylic acids is 1. The van der Waals surface area contributed by atoms with E-state index >= 15 is 0 Å². The fourth-order valence-electron chi connectivity index (χ4n) is 3.38. The zero-order chi connectivity index (χ0) is 21.6. The number of pyridine rings is 1. The average molecular weight is 423 g/mol. The first-order valence-corrected chi connectivity index (χ1v) is 9.67. The number of nitrogens with one attached hydrogen (secondary N) is 1. The first kappa shape index (κ1) is 21.9. The van der Waals surface area contributed by atoms with E-state index in [0.717, 1.165) is 37.2 Å². The van der Waals surface area contributed by atoms with Gasteiger partial charge in [0.1, 0.15) is 5.75 Å². The van der Waals surface area contributed by atoms with Crippen molar-refractivity contribution in [2.75, 3.05) is 33.4 Å². The molecule has 0 bridgehead atoms. The molecule has 0 radical (unpaired) electrons. The molecule has 1 aromatic heterocycles. The summed E-state index contributed by atoms with van der Waals surface area (Å²) in [6.07, 6.45) is -1.00. The summed E-state index contributed by atoms with van der Waals surface area (Å²) in [4.78, 5) is 18.6. The lowest BCUT2D eigenvalue weighted by atomic mass is 10.0. The Bertz CT molecular complexity index is 820. The van der Waals surface area contributed by atoms with Gasteiger partial charge < -0.3 is 14.8 Å². The van der Waals surface area contributed by atoms with Crippen LogP contribution >= 0.6 is 0 Å². The van der Waals surface area contributed by atoms with Gasteiger partial charge in [0.05, 0.1) is 18.7 Å².